The van der Waals surface area contributed by atoms with Gasteiger partial charge in [0.1, 0.15) is 5.66 Å². The Kier molecular flexibility index (Phi) is 1.92. The highest BCUT2D eigenvalue weighted by atomic mass is 16.5. The highest BCUT2D eigenvalue weighted by Gasteiger charge is 2.49. The van der Waals surface area contributed by atoms with Crippen LogP contribution in [0, 0.1) is 5.41 Å². The minimum atomic E-state index is -0.649. The van der Waals surface area contributed by atoms with Crippen LogP contribution in [0.2, 0.25) is 0 Å². The lowest BCUT2D eigenvalue weighted by Gasteiger charge is -2.41. The highest BCUT2D eigenvalue weighted by Crippen LogP contribution is 2.34. The highest BCUT2D eigenvalue weighted by molar-refractivity contribution is 5.80. The van der Waals surface area contributed by atoms with Crippen LogP contribution >= 0.6 is 0 Å². The van der Waals surface area contributed by atoms with E-state index in [2.05, 4.69) is 5.32 Å². The summed E-state index contributed by atoms with van der Waals surface area (Å²) in [6.07, 6.45) is 0. The molecule has 0 saturated carbocycles. The van der Waals surface area contributed by atoms with Gasteiger partial charge in [-0.05, 0) is 6.92 Å². The van der Waals surface area contributed by atoms with Crippen molar-refractivity contribution in [3.8, 4) is 0 Å². The molecule has 2 N–H and O–H groups in total. The van der Waals surface area contributed by atoms with Crippen molar-refractivity contribution in [2.75, 3.05) is 6.54 Å². The van der Waals surface area contributed by atoms with E-state index in [-0.39, 0.29) is 17.9 Å². The van der Waals surface area contributed by atoms with E-state index in [4.69, 9.17) is 0 Å². The number of hydrogen-bond acceptors (Lipinski definition) is 3. The fraction of sp³-hybridized carbons (Fsp3) is 0.875. The first kappa shape index (κ1) is 9.48. The number of hydroxylamine groups is 2. The zero-order chi connectivity index (χ0) is 9.57. The third-order valence-corrected chi connectivity index (χ3v) is 2.70. The molecule has 0 aromatic rings. The Morgan fingerprint density at radius 3 is 2.25 bits per heavy atom. The summed E-state index contributed by atoms with van der Waals surface area (Å²) < 4.78 is 0. The number of carbonyl (C=O) groups excluding carboxylic acids is 1. The Labute approximate surface area is 72.5 Å². The quantitative estimate of drug-likeness (QED) is 0.525. The van der Waals surface area contributed by atoms with E-state index in [1.807, 2.05) is 27.7 Å². The van der Waals surface area contributed by atoms with Gasteiger partial charge in [0.15, 0.2) is 0 Å². The summed E-state index contributed by atoms with van der Waals surface area (Å²) in [4.78, 5) is 11.0. The molecule has 0 aromatic carbocycles. The van der Waals surface area contributed by atoms with Gasteiger partial charge in [-0.15, -0.1) is 0 Å². The van der Waals surface area contributed by atoms with Crippen LogP contribution in [-0.2, 0) is 4.79 Å². The van der Waals surface area contributed by atoms with Crippen molar-refractivity contribution in [3.05, 3.63) is 0 Å². The number of nitrogens with zero attached hydrogens (tertiary/aromatic N) is 1. The van der Waals surface area contributed by atoms with Gasteiger partial charge in [-0.25, -0.2) is 5.06 Å². The summed E-state index contributed by atoms with van der Waals surface area (Å²) in [5, 5.41) is 13.3. The van der Waals surface area contributed by atoms with Gasteiger partial charge >= 0.3 is 0 Å². The summed E-state index contributed by atoms with van der Waals surface area (Å²) >= 11 is 0. The molecule has 1 unspecified atom stereocenters. The monoisotopic (exact) mass is 172 g/mol. The van der Waals surface area contributed by atoms with Gasteiger partial charge in [0.2, 0.25) is 0 Å². The maximum atomic E-state index is 11.0. The molecule has 4 nitrogen and oxygen atoms in total. The summed E-state index contributed by atoms with van der Waals surface area (Å²) in [5.41, 5.74) is -0.835. The largest absolute Gasteiger partial charge is 0.284 e. The number of rotatable bonds is 0. The topological polar surface area (TPSA) is 52.6 Å². The van der Waals surface area contributed by atoms with Crippen molar-refractivity contribution in [1.82, 2.24) is 10.4 Å². The molecular formula is C8H16N2O2. The molecule has 1 aliphatic heterocycles. The lowest BCUT2D eigenvalue weighted by atomic mass is 9.82. The standard InChI is InChI=1S/C8H16N2O2/c1-7(2,3)8(4)9-5-6(11)10(8)12/h9,12H,5H2,1-4H3. The van der Waals surface area contributed by atoms with Crippen LogP contribution in [0.25, 0.3) is 0 Å². The van der Waals surface area contributed by atoms with E-state index in [9.17, 15) is 10.0 Å². The summed E-state index contributed by atoms with van der Waals surface area (Å²) in [5.74, 6) is -0.271. The summed E-state index contributed by atoms with van der Waals surface area (Å²) in [6, 6.07) is 0. The molecule has 1 aliphatic rings. The van der Waals surface area contributed by atoms with Crippen molar-refractivity contribution in [3.63, 3.8) is 0 Å². The van der Waals surface area contributed by atoms with Crippen LogP contribution in [0.3, 0.4) is 0 Å². The zero-order valence-corrected chi connectivity index (χ0v) is 8.01. The van der Waals surface area contributed by atoms with Gasteiger partial charge in [-0.1, -0.05) is 20.8 Å². The predicted molar refractivity (Wildman–Crippen MR) is 44.5 cm³/mol. The lowest BCUT2D eigenvalue weighted by molar-refractivity contribution is -0.196. The molecule has 0 spiro atoms. The molecule has 1 amide bonds. The SMILES string of the molecule is CC(C)(C)C1(C)NCC(=O)N1O. The second-order valence-electron chi connectivity index (χ2n) is 4.38. The third-order valence-electron chi connectivity index (χ3n) is 2.70. The first-order valence-electron chi connectivity index (χ1n) is 4.06. The normalized spacial score (nSPS) is 31.4. The fourth-order valence-electron chi connectivity index (χ4n) is 1.23. The van der Waals surface area contributed by atoms with E-state index in [0.717, 1.165) is 5.06 Å². The van der Waals surface area contributed by atoms with E-state index in [0.29, 0.717) is 0 Å². The average Bonchev–Trinajstić information content (AvgIpc) is 2.16. The van der Waals surface area contributed by atoms with Gasteiger partial charge < -0.3 is 0 Å². The summed E-state index contributed by atoms with van der Waals surface area (Å²) in [7, 11) is 0. The van der Waals surface area contributed by atoms with Gasteiger partial charge in [0.25, 0.3) is 5.91 Å². The van der Waals surface area contributed by atoms with Gasteiger partial charge in [0.05, 0.1) is 6.54 Å². The van der Waals surface area contributed by atoms with Crippen LogP contribution in [0.1, 0.15) is 27.7 Å². The smallest absolute Gasteiger partial charge is 0.261 e. The second-order valence-corrected chi connectivity index (χ2v) is 4.38. The molecule has 0 bridgehead atoms. The van der Waals surface area contributed by atoms with Gasteiger partial charge in [0, 0.05) is 5.41 Å². The second kappa shape index (κ2) is 2.44. The molecule has 0 aliphatic carbocycles. The Morgan fingerprint density at radius 2 is 2.08 bits per heavy atom. The van der Waals surface area contributed by atoms with E-state index in [1.54, 1.807) is 0 Å². The molecule has 1 saturated heterocycles. The van der Waals surface area contributed by atoms with Gasteiger partial charge in [-0.2, -0.15) is 0 Å². The molecule has 0 aromatic heterocycles. The van der Waals surface area contributed by atoms with Crippen LogP contribution < -0.4 is 5.32 Å². The Bertz CT molecular complexity index is 210. The number of amides is 1. The van der Waals surface area contributed by atoms with Crippen molar-refractivity contribution in [2.24, 2.45) is 5.41 Å². The molecule has 0 radical (unpaired) electrons. The first-order chi connectivity index (χ1) is 5.29. The summed E-state index contributed by atoms with van der Waals surface area (Å²) in [6.45, 7) is 7.95. The number of carbonyl (C=O) groups is 1. The van der Waals surface area contributed by atoms with E-state index < -0.39 is 5.66 Å². The van der Waals surface area contributed by atoms with Crippen LogP contribution in [0.4, 0.5) is 0 Å². The maximum Gasteiger partial charge on any atom is 0.261 e. The molecule has 1 atom stereocenters. The molecule has 4 heteroatoms. The molecule has 1 rings (SSSR count). The molecule has 1 fully saturated rings. The van der Waals surface area contributed by atoms with Crippen molar-refractivity contribution in [2.45, 2.75) is 33.4 Å². The van der Waals surface area contributed by atoms with E-state index >= 15 is 0 Å². The molecular weight excluding hydrogens is 156 g/mol. The van der Waals surface area contributed by atoms with Crippen molar-refractivity contribution in [1.29, 1.82) is 0 Å². The predicted octanol–water partition coefficient (Wildman–Crippen LogP) is 0.570. The van der Waals surface area contributed by atoms with E-state index in [1.165, 1.54) is 0 Å². The molecule has 12 heavy (non-hydrogen) atoms. The third kappa shape index (κ3) is 1.11. The Hall–Kier alpha value is -0.610. The van der Waals surface area contributed by atoms with Crippen molar-refractivity contribution < 1.29 is 10.0 Å². The number of hydrogen-bond donors (Lipinski definition) is 2. The Balaban J connectivity index is 2.94. The number of nitrogens with one attached hydrogen (secondary N) is 1. The van der Waals surface area contributed by atoms with Crippen LogP contribution in [0.15, 0.2) is 0 Å². The minimum Gasteiger partial charge on any atom is -0.284 e. The average molecular weight is 172 g/mol. The molecule has 1 heterocycles. The molecule has 70 valence electrons. The fourth-order valence-corrected chi connectivity index (χ4v) is 1.23. The van der Waals surface area contributed by atoms with Crippen molar-refractivity contribution >= 4 is 5.91 Å². The maximum absolute atomic E-state index is 11.0. The van der Waals surface area contributed by atoms with Gasteiger partial charge in [-0.3, -0.25) is 15.3 Å². The van der Waals surface area contributed by atoms with Crippen LogP contribution in [-0.4, -0.2) is 28.4 Å². The minimum absolute atomic E-state index is 0.187. The first-order valence-corrected chi connectivity index (χ1v) is 4.06. The zero-order valence-electron chi connectivity index (χ0n) is 8.01. The lowest BCUT2D eigenvalue weighted by Crippen LogP contribution is -2.57. The Morgan fingerprint density at radius 1 is 1.58 bits per heavy atom. The van der Waals surface area contributed by atoms with Crippen LogP contribution in [0.5, 0.6) is 0 Å².